The van der Waals surface area contributed by atoms with Crippen LogP contribution in [0, 0.1) is 30.1 Å². The van der Waals surface area contributed by atoms with Gasteiger partial charge in [0.25, 0.3) is 0 Å². The molecular weight excluding hydrogens is 188 g/mol. The van der Waals surface area contributed by atoms with E-state index in [2.05, 4.69) is 0 Å². The number of hydrogen-bond donors (Lipinski definition) is 1. The van der Waals surface area contributed by atoms with Gasteiger partial charge in [0.05, 0.1) is 9.30 Å². The van der Waals surface area contributed by atoms with E-state index in [9.17, 15) is 17.6 Å². The molecule has 1 rings (SSSR count). The molecule has 1 aromatic rings. The Hall–Kier alpha value is -1.10. The quantitative estimate of drug-likeness (QED) is 0.417. The predicted molar refractivity (Wildman–Crippen MR) is 36.9 cm³/mol. The summed E-state index contributed by atoms with van der Waals surface area (Å²) in [5, 5.41) is 8.94. The van der Waals surface area contributed by atoms with Crippen LogP contribution in [0.15, 0.2) is 0 Å². The largest absolute Gasteiger partial charge is 0.392 e. The first-order chi connectivity index (χ1) is 7.89. The number of benzene rings is 1. The van der Waals surface area contributed by atoms with Crippen molar-refractivity contribution in [3.05, 3.63) is 34.4 Å². The minimum atomic E-state index is -3.68. The highest BCUT2D eigenvalue weighted by atomic mass is 19.2. The zero-order valence-corrected chi connectivity index (χ0v) is 5.96. The molecule has 0 aliphatic carbocycles. The molecule has 1 N–H and O–H groups in total. The minimum Gasteiger partial charge on any atom is -0.392 e. The standard InChI is InChI=1S/C8H6F4O/c1-3-4(2-13)6(10)8(12)7(11)5(3)9/h13H,2H2,1H3/i1D3,2D2. The van der Waals surface area contributed by atoms with Crippen molar-refractivity contribution in [1.82, 2.24) is 0 Å². The second-order valence-corrected chi connectivity index (χ2v) is 2.12. The van der Waals surface area contributed by atoms with Crippen molar-refractivity contribution in [3.8, 4) is 0 Å². The summed E-state index contributed by atoms with van der Waals surface area (Å²) in [6.45, 7) is -7.14. The van der Waals surface area contributed by atoms with Crippen molar-refractivity contribution >= 4 is 0 Å². The SMILES string of the molecule is [2H]C([2H])([2H])c1c(F)c(F)c(F)c(F)c1C([2H])([2H])O. The Morgan fingerprint density at radius 1 is 1.15 bits per heavy atom. The van der Waals surface area contributed by atoms with E-state index < -0.39 is 47.8 Å². The first-order valence-electron chi connectivity index (χ1n) is 5.48. The summed E-state index contributed by atoms with van der Waals surface area (Å²) >= 11 is 0. The van der Waals surface area contributed by atoms with Crippen LogP contribution in [0.3, 0.4) is 0 Å². The molecule has 0 bridgehead atoms. The summed E-state index contributed by atoms with van der Waals surface area (Å²) in [5.74, 6) is -9.32. The molecule has 5 heteroatoms. The molecule has 0 amide bonds. The van der Waals surface area contributed by atoms with Gasteiger partial charge in [-0.15, -0.1) is 0 Å². The monoisotopic (exact) mass is 199 g/mol. The third-order valence-electron chi connectivity index (χ3n) is 1.38. The zero-order chi connectivity index (χ0) is 14.5. The Balaban J connectivity index is 3.89. The van der Waals surface area contributed by atoms with Crippen LogP contribution in [0.1, 0.15) is 18.0 Å². The van der Waals surface area contributed by atoms with Crippen LogP contribution in [-0.4, -0.2) is 5.11 Å². The Morgan fingerprint density at radius 3 is 2.15 bits per heavy atom. The molecule has 0 saturated carbocycles. The summed E-state index contributed by atoms with van der Waals surface area (Å²) in [6.07, 6.45) is 0. The number of halogens is 4. The Kier molecular flexibility index (Phi) is 1.27. The van der Waals surface area contributed by atoms with Crippen molar-refractivity contribution in [2.75, 3.05) is 0 Å². The maximum absolute atomic E-state index is 13.3. The smallest absolute Gasteiger partial charge is 0.197 e. The topological polar surface area (TPSA) is 20.2 Å². The molecule has 0 aromatic heterocycles. The molecule has 0 aliphatic rings. The van der Waals surface area contributed by atoms with Crippen molar-refractivity contribution < 1.29 is 29.5 Å². The van der Waals surface area contributed by atoms with Gasteiger partial charge in [-0.1, -0.05) is 0 Å². The van der Waals surface area contributed by atoms with Crippen LogP contribution in [0.4, 0.5) is 17.6 Å². The molecule has 1 aromatic carbocycles. The maximum Gasteiger partial charge on any atom is 0.197 e. The predicted octanol–water partition coefficient (Wildman–Crippen LogP) is 2.04. The minimum absolute atomic E-state index is 1.73. The highest BCUT2D eigenvalue weighted by Crippen LogP contribution is 2.23. The van der Waals surface area contributed by atoms with Gasteiger partial charge in [-0.25, -0.2) is 17.6 Å². The van der Waals surface area contributed by atoms with E-state index in [0.717, 1.165) is 0 Å². The Morgan fingerprint density at radius 2 is 1.69 bits per heavy atom. The van der Waals surface area contributed by atoms with Gasteiger partial charge < -0.3 is 5.11 Å². The molecule has 0 fully saturated rings. The van der Waals surface area contributed by atoms with E-state index in [-0.39, 0.29) is 0 Å². The maximum atomic E-state index is 13.3. The van der Waals surface area contributed by atoms with Crippen LogP contribution in [0.5, 0.6) is 0 Å². The summed E-state index contributed by atoms with van der Waals surface area (Å²) in [6, 6.07) is 0. The van der Waals surface area contributed by atoms with E-state index in [0.29, 0.717) is 0 Å². The van der Waals surface area contributed by atoms with Crippen LogP contribution in [0.25, 0.3) is 0 Å². The molecule has 0 radical (unpaired) electrons. The fourth-order valence-corrected chi connectivity index (χ4v) is 0.737. The molecule has 0 atom stereocenters. The van der Waals surface area contributed by atoms with Crippen LogP contribution in [-0.2, 0) is 6.56 Å². The molecule has 72 valence electrons. The Bertz CT molecular complexity index is 449. The average Bonchev–Trinajstić information content (AvgIpc) is 2.16. The van der Waals surface area contributed by atoms with Gasteiger partial charge in [-0.2, -0.15) is 0 Å². The van der Waals surface area contributed by atoms with Crippen molar-refractivity contribution in [2.45, 2.75) is 13.4 Å². The van der Waals surface area contributed by atoms with E-state index in [1.54, 1.807) is 0 Å². The molecule has 0 unspecified atom stereocenters. The summed E-state index contributed by atoms with van der Waals surface area (Å²) in [4.78, 5) is 0. The van der Waals surface area contributed by atoms with Gasteiger partial charge in [0.1, 0.15) is 0 Å². The highest BCUT2D eigenvalue weighted by molar-refractivity contribution is 5.30. The first kappa shape index (κ1) is 4.95. The molecule has 0 heterocycles. The lowest BCUT2D eigenvalue weighted by atomic mass is 10.1. The van der Waals surface area contributed by atoms with E-state index in [4.69, 9.17) is 12.0 Å². The summed E-state index contributed by atoms with van der Waals surface area (Å²) < 4.78 is 86.5. The lowest BCUT2D eigenvalue weighted by Crippen LogP contribution is -2.05. The van der Waals surface area contributed by atoms with Crippen LogP contribution < -0.4 is 0 Å². The van der Waals surface area contributed by atoms with Crippen LogP contribution >= 0.6 is 0 Å². The molecule has 0 aliphatic heterocycles. The third kappa shape index (κ3) is 1.39. The Labute approximate surface area is 78.6 Å². The summed E-state index contributed by atoms with van der Waals surface area (Å²) in [7, 11) is 0. The van der Waals surface area contributed by atoms with Crippen molar-refractivity contribution in [2.24, 2.45) is 0 Å². The van der Waals surface area contributed by atoms with Crippen molar-refractivity contribution in [3.63, 3.8) is 0 Å². The normalized spacial score (nSPS) is 18.4. The molecule has 0 saturated heterocycles. The van der Waals surface area contributed by atoms with Gasteiger partial charge in [-0.3, -0.25) is 0 Å². The first-order valence-corrected chi connectivity index (χ1v) is 2.98. The fourth-order valence-electron chi connectivity index (χ4n) is 0.737. The molecule has 0 spiro atoms. The fraction of sp³-hybridized carbons (Fsp3) is 0.250. The number of aliphatic hydroxyl groups is 1. The second kappa shape index (κ2) is 3.33. The van der Waals surface area contributed by atoms with Gasteiger partial charge in [-0.05, 0) is 12.4 Å². The second-order valence-electron chi connectivity index (χ2n) is 2.12. The molecule has 1 nitrogen and oxygen atoms in total. The highest BCUT2D eigenvalue weighted by Gasteiger charge is 2.21. The lowest BCUT2D eigenvalue weighted by Gasteiger charge is -2.07. The van der Waals surface area contributed by atoms with Gasteiger partial charge in [0, 0.05) is 9.68 Å². The molecular formula is C8H6F4O. The number of hydrogen-bond acceptors (Lipinski definition) is 1. The van der Waals surface area contributed by atoms with E-state index in [1.807, 2.05) is 0 Å². The van der Waals surface area contributed by atoms with E-state index in [1.165, 1.54) is 0 Å². The molecule has 13 heavy (non-hydrogen) atoms. The zero-order valence-electron chi connectivity index (χ0n) is 11.0. The van der Waals surface area contributed by atoms with Gasteiger partial charge in [0.2, 0.25) is 0 Å². The summed E-state index contributed by atoms with van der Waals surface area (Å²) in [5.41, 5.74) is -3.51. The van der Waals surface area contributed by atoms with E-state index >= 15 is 0 Å². The van der Waals surface area contributed by atoms with Crippen LogP contribution in [0.2, 0.25) is 0 Å². The third-order valence-corrected chi connectivity index (χ3v) is 1.38. The number of rotatable bonds is 1. The average molecular weight is 199 g/mol. The van der Waals surface area contributed by atoms with Gasteiger partial charge in [0.15, 0.2) is 23.3 Å². The van der Waals surface area contributed by atoms with Gasteiger partial charge >= 0.3 is 0 Å². The van der Waals surface area contributed by atoms with Crippen molar-refractivity contribution in [1.29, 1.82) is 0 Å². The lowest BCUT2D eigenvalue weighted by molar-refractivity contribution is 0.268.